The largest absolute Gasteiger partial charge is 0.336 e. The summed E-state index contributed by atoms with van der Waals surface area (Å²) in [5.74, 6) is -0.823. The Morgan fingerprint density at radius 2 is 2.05 bits per heavy atom. The maximum absolute atomic E-state index is 13.8. The number of carbonyl (C=O) groups excluding carboxylic acids is 1. The Bertz CT molecular complexity index is 530. The van der Waals surface area contributed by atoms with Crippen LogP contribution in [-0.2, 0) is 0 Å². The van der Waals surface area contributed by atoms with E-state index in [1.807, 2.05) is 11.8 Å². The molecule has 1 saturated heterocycles. The molecule has 0 spiro atoms. The molecule has 1 aliphatic heterocycles. The van der Waals surface area contributed by atoms with Crippen LogP contribution in [-0.4, -0.2) is 47.9 Å². The number of hydrogen-bond acceptors (Lipinski definition) is 3. The zero-order valence-corrected chi connectivity index (χ0v) is 12.7. The number of amides is 1. The van der Waals surface area contributed by atoms with Crippen LogP contribution in [0.3, 0.4) is 0 Å². The summed E-state index contributed by atoms with van der Waals surface area (Å²) in [4.78, 5) is 16.0. The first-order valence-electron chi connectivity index (χ1n) is 6.41. The van der Waals surface area contributed by atoms with Crippen molar-refractivity contribution in [3.05, 3.63) is 34.1 Å². The topological polar surface area (TPSA) is 47.3 Å². The molecule has 1 aromatic carbocycles. The van der Waals surface area contributed by atoms with Crippen molar-refractivity contribution < 1.29 is 9.18 Å². The second-order valence-corrected chi connectivity index (χ2v) is 5.58. The average Bonchev–Trinajstić information content (AvgIpc) is 2.46. The maximum Gasteiger partial charge on any atom is 0.258 e. The zero-order valence-electron chi connectivity index (χ0n) is 11.1. The number of nitrogens with zero attached hydrogens (tertiary/aromatic N) is 3. The van der Waals surface area contributed by atoms with E-state index in [1.165, 1.54) is 6.07 Å². The van der Waals surface area contributed by atoms with E-state index < -0.39 is 5.82 Å². The van der Waals surface area contributed by atoms with Crippen molar-refractivity contribution in [1.82, 2.24) is 9.80 Å². The molecule has 20 heavy (non-hydrogen) atoms. The molecule has 0 N–H and O–H groups in total. The first-order chi connectivity index (χ1) is 9.54. The standard InChI is InChI=1S/C14H15BrFN3O/c1-10(9-17)18-5-7-19(8-6-18)14(20)13-11(15)3-2-4-12(13)16/h2-4,10H,5-8H2,1H3. The molecule has 2 rings (SSSR count). The van der Waals surface area contributed by atoms with E-state index >= 15 is 0 Å². The molecule has 0 aromatic heterocycles. The van der Waals surface area contributed by atoms with Crippen molar-refractivity contribution in [1.29, 1.82) is 5.26 Å². The molecule has 1 heterocycles. The van der Waals surface area contributed by atoms with Gasteiger partial charge in [0.05, 0.1) is 17.7 Å². The predicted octanol–water partition coefficient (Wildman–Crippen LogP) is 2.26. The van der Waals surface area contributed by atoms with Crippen molar-refractivity contribution in [3.63, 3.8) is 0 Å². The van der Waals surface area contributed by atoms with Crippen LogP contribution < -0.4 is 0 Å². The highest BCUT2D eigenvalue weighted by Crippen LogP contribution is 2.22. The quantitative estimate of drug-likeness (QED) is 0.830. The molecular formula is C14H15BrFN3O. The number of benzene rings is 1. The fourth-order valence-electron chi connectivity index (χ4n) is 2.25. The summed E-state index contributed by atoms with van der Waals surface area (Å²) in [6, 6.07) is 6.52. The highest BCUT2D eigenvalue weighted by molar-refractivity contribution is 9.10. The first kappa shape index (κ1) is 14.9. The fraction of sp³-hybridized carbons (Fsp3) is 0.429. The Morgan fingerprint density at radius 1 is 1.40 bits per heavy atom. The van der Waals surface area contributed by atoms with Gasteiger partial charge in [-0.3, -0.25) is 9.69 Å². The zero-order chi connectivity index (χ0) is 14.7. The van der Waals surface area contributed by atoms with E-state index in [1.54, 1.807) is 17.0 Å². The lowest BCUT2D eigenvalue weighted by Gasteiger charge is -2.36. The van der Waals surface area contributed by atoms with Gasteiger partial charge in [-0.1, -0.05) is 6.07 Å². The van der Waals surface area contributed by atoms with Gasteiger partial charge in [0.1, 0.15) is 5.82 Å². The lowest BCUT2D eigenvalue weighted by atomic mass is 10.1. The summed E-state index contributed by atoms with van der Waals surface area (Å²) < 4.78 is 14.3. The molecule has 4 nitrogen and oxygen atoms in total. The van der Waals surface area contributed by atoms with E-state index in [2.05, 4.69) is 22.0 Å². The van der Waals surface area contributed by atoms with Gasteiger partial charge in [0.25, 0.3) is 5.91 Å². The number of halogens is 2. The minimum Gasteiger partial charge on any atom is -0.336 e. The third-order valence-corrected chi connectivity index (χ3v) is 4.17. The molecule has 0 aliphatic carbocycles. The molecule has 1 atom stereocenters. The molecule has 106 valence electrons. The molecule has 1 unspecified atom stereocenters. The van der Waals surface area contributed by atoms with Gasteiger partial charge in [0, 0.05) is 30.7 Å². The van der Waals surface area contributed by atoms with Crippen LogP contribution >= 0.6 is 15.9 Å². The molecule has 1 amide bonds. The minimum atomic E-state index is -0.516. The molecule has 1 fully saturated rings. The number of carbonyl (C=O) groups is 1. The summed E-state index contributed by atoms with van der Waals surface area (Å²) in [7, 11) is 0. The van der Waals surface area contributed by atoms with Crippen molar-refractivity contribution >= 4 is 21.8 Å². The van der Waals surface area contributed by atoms with Crippen LogP contribution in [0.25, 0.3) is 0 Å². The van der Waals surface area contributed by atoms with Gasteiger partial charge in [-0.15, -0.1) is 0 Å². The Morgan fingerprint density at radius 3 is 2.60 bits per heavy atom. The average molecular weight is 340 g/mol. The van der Waals surface area contributed by atoms with Gasteiger partial charge in [-0.2, -0.15) is 5.26 Å². The molecule has 6 heteroatoms. The van der Waals surface area contributed by atoms with Crippen LogP contribution in [0.5, 0.6) is 0 Å². The van der Waals surface area contributed by atoms with Gasteiger partial charge in [-0.05, 0) is 35.0 Å². The van der Waals surface area contributed by atoms with Crippen LogP contribution in [0.2, 0.25) is 0 Å². The van der Waals surface area contributed by atoms with E-state index in [9.17, 15) is 9.18 Å². The number of hydrogen-bond donors (Lipinski definition) is 0. The number of rotatable bonds is 2. The third-order valence-electron chi connectivity index (χ3n) is 3.51. The third kappa shape index (κ3) is 3.00. The predicted molar refractivity (Wildman–Crippen MR) is 76.7 cm³/mol. The van der Waals surface area contributed by atoms with E-state index in [-0.39, 0.29) is 17.5 Å². The van der Waals surface area contributed by atoms with Gasteiger partial charge < -0.3 is 4.90 Å². The van der Waals surface area contributed by atoms with Gasteiger partial charge in [0.2, 0.25) is 0 Å². The monoisotopic (exact) mass is 339 g/mol. The van der Waals surface area contributed by atoms with E-state index in [0.29, 0.717) is 30.7 Å². The van der Waals surface area contributed by atoms with Crippen molar-refractivity contribution in [3.8, 4) is 6.07 Å². The van der Waals surface area contributed by atoms with Crippen LogP contribution in [0.1, 0.15) is 17.3 Å². The molecule has 1 aliphatic rings. The molecule has 1 aromatic rings. The Labute approximate surface area is 125 Å². The normalized spacial score (nSPS) is 17.6. The fourth-order valence-corrected chi connectivity index (χ4v) is 2.77. The van der Waals surface area contributed by atoms with Crippen molar-refractivity contribution in [2.45, 2.75) is 13.0 Å². The summed E-state index contributed by atoms with van der Waals surface area (Å²) in [5.41, 5.74) is 0.0780. The summed E-state index contributed by atoms with van der Waals surface area (Å²) in [6.07, 6.45) is 0. The van der Waals surface area contributed by atoms with Gasteiger partial charge >= 0.3 is 0 Å². The second kappa shape index (κ2) is 6.33. The highest BCUT2D eigenvalue weighted by atomic mass is 79.9. The summed E-state index contributed by atoms with van der Waals surface area (Å²) >= 11 is 3.22. The van der Waals surface area contributed by atoms with Crippen LogP contribution in [0.4, 0.5) is 4.39 Å². The lowest BCUT2D eigenvalue weighted by Crippen LogP contribution is -2.51. The number of piperazine rings is 1. The first-order valence-corrected chi connectivity index (χ1v) is 7.21. The smallest absolute Gasteiger partial charge is 0.258 e. The highest BCUT2D eigenvalue weighted by Gasteiger charge is 2.27. The van der Waals surface area contributed by atoms with Crippen LogP contribution in [0.15, 0.2) is 22.7 Å². The van der Waals surface area contributed by atoms with E-state index in [4.69, 9.17) is 5.26 Å². The second-order valence-electron chi connectivity index (χ2n) is 4.73. The molecule has 0 radical (unpaired) electrons. The van der Waals surface area contributed by atoms with E-state index in [0.717, 1.165) is 0 Å². The molecular weight excluding hydrogens is 325 g/mol. The van der Waals surface area contributed by atoms with Crippen molar-refractivity contribution in [2.24, 2.45) is 0 Å². The minimum absolute atomic E-state index is 0.0780. The van der Waals surface area contributed by atoms with Gasteiger partial charge in [-0.25, -0.2) is 4.39 Å². The van der Waals surface area contributed by atoms with Crippen molar-refractivity contribution in [2.75, 3.05) is 26.2 Å². The summed E-state index contributed by atoms with van der Waals surface area (Å²) in [6.45, 7) is 4.11. The number of nitriles is 1. The molecule has 0 bridgehead atoms. The Kier molecular flexibility index (Phi) is 4.73. The maximum atomic E-state index is 13.8. The van der Waals surface area contributed by atoms with Crippen LogP contribution in [0, 0.1) is 17.1 Å². The summed E-state index contributed by atoms with van der Waals surface area (Å²) in [5, 5.41) is 8.88. The molecule has 0 saturated carbocycles. The van der Waals surface area contributed by atoms with Gasteiger partial charge in [0.15, 0.2) is 0 Å². The lowest BCUT2D eigenvalue weighted by molar-refractivity contribution is 0.0610. The Balaban J connectivity index is 2.08. The Hall–Kier alpha value is -1.45. The SMILES string of the molecule is CC(C#N)N1CCN(C(=O)c2c(F)cccc2Br)CC1.